The maximum Gasteiger partial charge on any atom is 0.410 e. The van der Waals surface area contributed by atoms with Crippen molar-refractivity contribution in [2.75, 3.05) is 26.3 Å². The summed E-state index contributed by atoms with van der Waals surface area (Å²) < 4.78 is 10.9. The van der Waals surface area contributed by atoms with Gasteiger partial charge in [-0.1, -0.05) is 0 Å². The Balaban J connectivity index is 1.89. The molecule has 122 valence electrons. The Morgan fingerprint density at radius 1 is 1.29 bits per heavy atom. The maximum atomic E-state index is 12.1. The lowest BCUT2D eigenvalue weighted by molar-refractivity contribution is 0.0262. The lowest BCUT2D eigenvalue weighted by atomic mass is 9.83. The highest BCUT2D eigenvalue weighted by Crippen LogP contribution is 2.29. The Labute approximate surface area is 127 Å². The third-order valence-corrected chi connectivity index (χ3v) is 4.35. The predicted octanol–water partition coefficient (Wildman–Crippen LogP) is 1.50. The van der Waals surface area contributed by atoms with E-state index in [1.54, 1.807) is 4.90 Å². The zero-order valence-corrected chi connectivity index (χ0v) is 13.4. The van der Waals surface area contributed by atoms with Crippen LogP contribution >= 0.6 is 0 Å². The van der Waals surface area contributed by atoms with E-state index in [0.717, 1.165) is 45.6 Å². The minimum absolute atomic E-state index is 0.215. The standard InChI is InChI=1S/C15H29N3O3/c1-15(2,3)21-14(19)18-7-4-12(10-18)13(17-16)11-5-8-20-9-6-11/h11-13,17H,4-10,16H2,1-3H3. The van der Waals surface area contributed by atoms with Gasteiger partial charge < -0.3 is 14.4 Å². The van der Waals surface area contributed by atoms with Crippen molar-refractivity contribution < 1.29 is 14.3 Å². The van der Waals surface area contributed by atoms with Crippen LogP contribution in [-0.4, -0.2) is 48.9 Å². The highest BCUT2D eigenvalue weighted by atomic mass is 16.6. The summed E-state index contributed by atoms with van der Waals surface area (Å²) in [4.78, 5) is 13.9. The number of hydrogen-bond acceptors (Lipinski definition) is 5. The van der Waals surface area contributed by atoms with E-state index < -0.39 is 5.60 Å². The van der Waals surface area contributed by atoms with Crippen LogP contribution in [0.1, 0.15) is 40.0 Å². The molecule has 2 atom stereocenters. The van der Waals surface area contributed by atoms with E-state index in [0.29, 0.717) is 11.8 Å². The van der Waals surface area contributed by atoms with Gasteiger partial charge in [0, 0.05) is 32.3 Å². The van der Waals surface area contributed by atoms with Gasteiger partial charge in [0.25, 0.3) is 0 Å². The maximum absolute atomic E-state index is 12.1. The van der Waals surface area contributed by atoms with Gasteiger partial charge in [-0.3, -0.25) is 11.3 Å². The molecule has 0 aromatic heterocycles. The first kappa shape index (κ1) is 16.5. The number of nitrogens with two attached hydrogens (primary N) is 1. The first-order chi connectivity index (χ1) is 9.90. The number of likely N-dealkylation sites (tertiary alicyclic amines) is 1. The molecule has 2 saturated heterocycles. The molecule has 2 aliphatic rings. The Kier molecular flexibility index (Phi) is 5.46. The number of carbonyl (C=O) groups excluding carboxylic acids is 1. The molecule has 2 unspecified atom stereocenters. The fourth-order valence-electron chi connectivity index (χ4n) is 3.30. The molecule has 2 aliphatic heterocycles. The van der Waals surface area contributed by atoms with Crippen molar-refractivity contribution in [2.24, 2.45) is 17.7 Å². The van der Waals surface area contributed by atoms with Crippen LogP contribution in [0.3, 0.4) is 0 Å². The van der Waals surface area contributed by atoms with Crippen molar-refractivity contribution in [1.29, 1.82) is 0 Å². The van der Waals surface area contributed by atoms with Crippen LogP contribution in [-0.2, 0) is 9.47 Å². The number of ether oxygens (including phenoxy) is 2. The topological polar surface area (TPSA) is 76.8 Å². The van der Waals surface area contributed by atoms with E-state index in [4.69, 9.17) is 15.3 Å². The second-order valence-corrected chi connectivity index (χ2v) is 7.12. The lowest BCUT2D eigenvalue weighted by Crippen LogP contribution is -2.48. The number of nitrogens with zero attached hydrogens (tertiary/aromatic N) is 1. The molecule has 0 aromatic carbocycles. The van der Waals surface area contributed by atoms with Crippen LogP contribution in [0, 0.1) is 11.8 Å². The molecule has 0 saturated carbocycles. The second kappa shape index (κ2) is 6.94. The summed E-state index contributed by atoms with van der Waals surface area (Å²) in [7, 11) is 0. The van der Waals surface area contributed by atoms with Crippen molar-refractivity contribution in [3.05, 3.63) is 0 Å². The first-order valence-corrected chi connectivity index (χ1v) is 7.92. The van der Waals surface area contributed by atoms with Crippen LogP contribution in [0.5, 0.6) is 0 Å². The first-order valence-electron chi connectivity index (χ1n) is 7.92. The summed E-state index contributed by atoms with van der Waals surface area (Å²) in [6.45, 7) is 8.78. The molecule has 6 heteroatoms. The molecule has 3 N–H and O–H groups in total. The molecule has 0 bridgehead atoms. The second-order valence-electron chi connectivity index (χ2n) is 7.12. The molecule has 21 heavy (non-hydrogen) atoms. The summed E-state index contributed by atoms with van der Waals surface area (Å²) in [5, 5.41) is 0. The highest BCUT2D eigenvalue weighted by molar-refractivity contribution is 5.68. The van der Waals surface area contributed by atoms with Crippen LogP contribution < -0.4 is 11.3 Å². The van der Waals surface area contributed by atoms with Crippen molar-refractivity contribution in [3.8, 4) is 0 Å². The van der Waals surface area contributed by atoms with Gasteiger partial charge in [0.05, 0.1) is 0 Å². The summed E-state index contributed by atoms with van der Waals surface area (Å²) in [5.41, 5.74) is 2.54. The quantitative estimate of drug-likeness (QED) is 0.610. The molecular formula is C15H29N3O3. The van der Waals surface area contributed by atoms with Crippen LogP contribution in [0.15, 0.2) is 0 Å². The highest BCUT2D eigenvalue weighted by Gasteiger charge is 2.37. The molecular weight excluding hydrogens is 270 g/mol. The van der Waals surface area contributed by atoms with E-state index >= 15 is 0 Å². The van der Waals surface area contributed by atoms with Gasteiger partial charge in [-0.25, -0.2) is 4.79 Å². The Morgan fingerprint density at radius 2 is 1.95 bits per heavy atom. The van der Waals surface area contributed by atoms with Crippen molar-refractivity contribution in [2.45, 2.75) is 51.7 Å². The van der Waals surface area contributed by atoms with E-state index in [2.05, 4.69) is 5.43 Å². The predicted molar refractivity (Wildman–Crippen MR) is 80.6 cm³/mol. The van der Waals surface area contributed by atoms with E-state index in [1.165, 1.54) is 0 Å². The summed E-state index contributed by atoms with van der Waals surface area (Å²) >= 11 is 0. The van der Waals surface area contributed by atoms with Gasteiger partial charge in [0.2, 0.25) is 0 Å². The molecule has 6 nitrogen and oxygen atoms in total. The summed E-state index contributed by atoms with van der Waals surface area (Å²) in [6.07, 6.45) is 2.84. The van der Waals surface area contributed by atoms with Gasteiger partial charge in [-0.15, -0.1) is 0 Å². The normalized spacial score (nSPS) is 25.9. The number of rotatable bonds is 3. The number of hydrazine groups is 1. The molecule has 0 spiro atoms. The fourth-order valence-corrected chi connectivity index (χ4v) is 3.30. The number of amides is 1. The Bertz CT molecular complexity index is 351. The summed E-state index contributed by atoms with van der Waals surface area (Å²) in [6, 6.07) is 0.251. The Hall–Kier alpha value is -0.850. The average molecular weight is 299 g/mol. The van der Waals surface area contributed by atoms with Gasteiger partial charge in [-0.2, -0.15) is 0 Å². The molecule has 2 rings (SSSR count). The molecule has 1 amide bonds. The zero-order valence-electron chi connectivity index (χ0n) is 13.4. The lowest BCUT2D eigenvalue weighted by Gasteiger charge is -2.33. The number of carbonyl (C=O) groups is 1. The van der Waals surface area contributed by atoms with Crippen LogP contribution in [0.2, 0.25) is 0 Å². The van der Waals surface area contributed by atoms with E-state index in [9.17, 15) is 4.79 Å². The van der Waals surface area contributed by atoms with Gasteiger partial charge in [0.15, 0.2) is 0 Å². The zero-order chi connectivity index (χ0) is 15.5. The smallest absolute Gasteiger partial charge is 0.410 e. The molecule has 2 fully saturated rings. The van der Waals surface area contributed by atoms with Gasteiger partial charge in [0.1, 0.15) is 5.60 Å². The van der Waals surface area contributed by atoms with E-state index in [-0.39, 0.29) is 12.1 Å². The van der Waals surface area contributed by atoms with Crippen molar-refractivity contribution >= 4 is 6.09 Å². The van der Waals surface area contributed by atoms with Crippen LogP contribution in [0.4, 0.5) is 4.79 Å². The number of nitrogens with one attached hydrogen (secondary N) is 1. The Morgan fingerprint density at radius 3 is 2.52 bits per heavy atom. The molecule has 2 heterocycles. The SMILES string of the molecule is CC(C)(C)OC(=O)N1CCC(C(NN)C2CCOCC2)C1. The minimum Gasteiger partial charge on any atom is -0.444 e. The molecule has 0 radical (unpaired) electrons. The summed E-state index contributed by atoms with van der Waals surface area (Å²) in [5.74, 6) is 6.71. The monoisotopic (exact) mass is 299 g/mol. The minimum atomic E-state index is -0.443. The average Bonchev–Trinajstić information content (AvgIpc) is 2.89. The van der Waals surface area contributed by atoms with Crippen molar-refractivity contribution in [1.82, 2.24) is 10.3 Å². The van der Waals surface area contributed by atoms with E-state index in [1.807, 2.05) is 20.8 Å². The van der Waals surface area contributed by atoms with Crippen LogP contribution in [0.25, 0.3) is 0 Å². The largest absolute Gasteiger partial charge is 0.444 e. The van der Waals surface area contributed by atoms with Crippen molar-refractivity contribution in [3.63, 3.8) is 0 Å². The van der Waals surface area contributed by atoms with Gasteiger partial charge >= 0.3 is 6.09 Å². The molecule has 0 aliphatic carbocycles. The fraction of sp³-hybridized carbons (Fsp3) is 0.933. The molecule has 0 aromatic rings. The van der Waals surface area contributed by atoms with Gasteiger partial charge in [-0.05, 0) is 51.9 Å². The number of hydrogen-bond donors (Lipinski definition) is 2. The third kappa shape index (κ3) is 4.56. The third-order valence-electron chi connectivity index (χ3n) is 4.35.